The second kappa shape index (κ2) is 6.64. The number of ether oxygens (including phenoxy) is 1. The van der Waals surface area contributed by atoms with Crippen molar-refractivity contribution in [3.63, 3.8) is 0 Å². The lowest BCUT2D eigenvalue weighted by Gasteiger charge is -2.14. The van der Waals surface area contributed by atoms with Crippen LogP contribution in [-0.4, -0.2) is 18.2 Å². The first-order valence-electron chi connectivity index (χ1n) is 7.88. The summed E-state index contributed by atoms with van der Waals surface area (Å²) < 4.78 is 10.8. The van der Waals surface area contributed by atoms with Gasteiger partial charge < -0.3 is 14.6 Å². The number of hydrogen-bond donors (Lipinski definition) is 1. The van der Waals surface area contributed by atoms with E-state index in [1.165, 1.54) is 0 Å². The third-order valence-corrected chi connectivity index (χ3v) is 5.24. The number of hydrogen-bond acceptors (Lipinski definition) is 5. The second-order valence-corrected chi connectivity index (χ2v) is 6.64. The highest BCUT2D eigenvalue weighted by Gasteiger charge is 2.27. The van der Waals surface area contributed by atoms with Gasteiger partial charge in [0.25, 0.3) is 5.91 Å². The number of thioether (sulfide) groups is 1. The first-order valence-corrected chi connectivity index (χ1v) is 8.87. The minimum absolute atomic E-state index is 0.240. The number of nitrogens with one attached hydrogen (secondary N) is 1. The zero-order chi connectivity index (χ0) is 17.2. The first kappa shape index (κ1) is 15.8. The van der Waals surface area contributed by atoms with Gasteiger partial charge in [-0.2, -0.15) is 0 Å². The first-order chi connectivity index (χ1) is 12.3. The molecule has 1 aliphatic heterocycles. The molecule has 0 unspecified atom stereocenters. The summed E-state index contributed by atoms with van der Waals surface area (Å²) in [4.78, 5) is 13.7. The Morgan fingerprint density at radius 1 is 1.24 bits per heavy atom. The van der Waals surface area contributed by atoms with Crippen molar-refractivity contribution in [3.05, 3.63) is 65.4 Å². The maximum absolute atomic E-state index is 12.6. The van der Waals surface area contributed by atoms with Crippen LogP contribution in [0.1, 0.15) is 21.6 Å². The van der Waals surface area contributed by atoms with Gasteiger partial charge in [0.1, 0.15) is 5.75 Å². The molecule has 0 radical (unpaired) electrons. The number of para-hydroxylation sites is 1. The molecule has 0 bridgehead atoms. The van der Waals surface area contributed by atoms with Gasteiger partial charge in [-0.25, -0.2) is 0 Å². The summed E-state index contributed by atoms with van der Waals surface area (Å²) in [6, 6.07) is 15.6. The number of fused-ring (bicyclic) bond motifs is 3. The smallest absolute Gasteiger partial charge is 0.274 e. The molecule has 3 aromatic rings. The number of nitrogens with zero attached hydrogens (tertiary/aromatic N) is 1. The Balaban J connectivity index is 1.56. The van der Waals surface area contributed by atoms with E-state index in [0.29, 0.717) is 23.8 Å². The number of rotatable bonds is 4. The highest BCUT2D eigenvalue weighted by atomic mass is 32.2. The summed E-state index contributed by atoms with van der Waals surface area (Å²) in [6.45, 7) is 0.369. The molecule has 1 N–H and O–H groups in total. The standard InChI is InChI=1S/C19H16N2O3S/c1-23-15-8-4-2-6-12(15)10-20-19(22)17-14-11-25-16-9-5-3-7-13(16)18(14)24-21-17/h2-9H,10-11H2,1H3,(H,20,22). The maximum Gasteiger partial charge on any atom is 0.274 e. The molecular formula is C19H16N2O3S. The zero-order valence-corrected chi connectivity index (χ0v) is 14.4. The highest BCUT2D eigenvalue weighted by molar-refractivity contribution is 7.98. The van der Waals surface area contributed by atoms with E-state index in [1.807, 2.05) is 48.5 Å². The van der Waals surface area contributed by atoms with E-state index >= 15 is 0 Å². The monoisotopic (exact) mass is 352 g/mol. The molecule has 126 valence electrons. The average Bonchev–Trinajstić information content (AvgIpc) is 3.11. The molecule has 1 aliphatic rings. The minimum atomic E-state index is -0.240. The van der Waals surface area contributed by atoms with E-state index in [4.69, 9.17) is 9.26 Å². The van der Waals surface area contributed by atoms with Crippen LogP contribution < -0.4 is 10.1 Å². The van der Waals surface area contributed by atoms with Crippen molar-refractivity contribution in [3.8, 4) is 17.1 Å². The minimum Gasteiger partial charge on any atom is -0.496 e. The molecule has 0 saturated heterocycles. The van der Waals surface area contributed by atoms with Crippen LogP contribution >= 0.6 is 11.8 Å². The van der Waals surface area contributed by atoms with E-state index in [1.54, 1.807) is 18.9 Å². The third-order valence-electron chi connectivity index (χ3n) is 4.14. The van der Waals surface area contributed by atoms with Crippen LogP contribution in [-0.2, 0) is 12.3 Å². The SMILES string of the molecule is COc1ccccc1CNC(=O)c1noc2c1CSc1ccccc1-2. The predicted molar refractivity (Wildman–Crippen MR) is 95.7 cm³/mol. The Kier molecular flexibility index (Phi) is 4.19. The largest absolute Gasteiger partial charge is 0.496 e. The van der Waals surface area contributed by atoms with Crippen LogP contribution in [0, 0.1) is 0 Å². The van der Waals surface area contributed by atoms with Gasteiger partial charge in [0.15, 0.2) is 11.5 Å². The van der Waals surface area contributed by atoms with Crippen molar-refractivity contribution < 1.29 is 14.1 Å². The molecular weight excluding hydrogens is 336 g/mol. The van der Waals surface area contributed by atoms with Crippen LogP contribution in [0.5, 0.6) is 5.75 Å². The molecule has 0 spiro atoms. The average molecular weight is 352 g/mol. The topological polar surface area (TPSA) is 64.4 Å². The van der Waals surface area contributed by atoms with E-state index in [-0.39, 0.29) is 5.91 Å². The summed E-state index contributed by atoms with van der Waals surface area (Å²) in [5.74, 6) is 1.87. The van der Waals surface area contributed by atoms with Crippen LogP contribution in [0.25, 0.3) is 11.3 Å². The van der Waals surface area contributed by atoms with Gasteiger partial charge >= 0.3 is 0 Å². The predicted octanol–water partition coefficient (Wildman–Crippen LogP) is 3.89. The molecule has 25 heavy (non-hydrogen) atoms. The Bertz CT molecular complexity index is 936. The number of amides is 1. The van der Waals surface area contributed by atoms with E-state index in [0.717, 1.165) is 27.3 Å². The lowest BCUT2D eigenvalue weighted by Crippen LogP contribution is -2.24. The lowest BCUT2D eigenvalue weighted by molar-refractivity contribution is 0.0941. The highest BCUT2D eigenvalue weighted by Crippen LogP contribution is 2.42. The Hall–Kier alpha value is -2.73. The van der Waals surface area contributed by atoms with Crippen molar-refractivity contribution >= 4 is 17.7 Å². The third kappa shape index (κ3) is 2.89. The summed E-state index contributed by atoms with van der Waals surface area (Å²) in [7, 11) is 1.61. The molecule has 5 nitrogen and oxygen atoms in total. The van der Waals surface area contributed by atoms with E-state index < -0.39 is 0 Å². The molecule has 2 aromatic carbocycles. The number of methoxy groups -OCH3 is 1. The molecule has 0 atom stereocenters. The number of benzene rings is 2. The summed E-state index contributed by atoms with van der Waals surface area (Å²) in [5.41, 5.74) is 3.11. The molecule has 1 amide bonds. The Labute approximate surface area is 149 Å². The molecule has 0 fully saturated rings. The molecule has 1 aromatic heterocycles. The van der Waals surface area contributed by atoms with Gasteiger partial charge in [0.2, 0.25) is 0 Å². The van der Waals surface area contributed by atoms with Gasteiger partial charge in [-0.05, 0) is 18.2 Å². The van der Waals surface area contributed by atoms with Crippen LogP contribution in [0.15, 0.2) is 57.9 Å². The number of carbonyl (C=O) groups is 1. The van der Waals surface area contributed by atoms with Crippen molar-refractivity contribution in [2.45, 2.75) is 17.2 Å². The van der Waals surface area contributed by atoms with Gasteiger partial charge in [-0.1, -0.05) is 35.5 Å². The van der Waals surface area contributed by atoms with E-state index in [9.17, 15) is 4.79 Å². The molecule has 0 saturated carbocycles. The van der Waals surface area contributed by atoms with Crippen LogP contribution in [0.2, 0.25) is 0 Å². The zero-order valence-electron chi connectivity index (χ0n) is 13.6. The van der Waals surface area contributed by atoms with Crippen LogP contribution in [0.4, 0.5) is 0 Å². The fourth-order valence-corrected chi connectivity index (χ4v) is 3.93. The Morgan fingerprint density at radius 3 is 2.92 bits per heavy atom. The van der Waals surface area contributed by atoms with Crippen LogP contribution in [0.3, 0.4) is 0 Å². The fraction of sp³-hybridized carbons (Fsp3) is 0.158. The summed E-state index contributed by atoms with van der Waals surface area (Å²) in [5, 5.41) is 6.92. The summed E-state index contributed by atoms with van der Waals surface area (Å²) >= 11 is 1.69. The van der Waals surface area contributed by atoms with Gasteiger partial charge in [0.05, 0.1) is 7.11 Å². The molecule has 6 heteroatoms. The van der Waals surface area contributed by atoms with Crippen molar-refractivity contribution in [2.75, 3.05) is 7.11 Å². The van der Waals surface area contributed by atoms with Crippen molar-refractivity contribution in [1.82, 2.24) is 10.5 Å². The van der Waals surface area contributed by atoms with Crippen molar-refractivity contribution in [1.29, 1.82) is 0 Å². The number of carbonyl (C=O) groups excluding carboxylic acids is 1. The quantitative estimate of drug-likeness (QED) is 0.772. The van der Waals surface area contributed by atoms with Gasteiger partial charge in [-0.3, -0.25) is 4.79 Å². The van der Waals surface area contributed by atoms with E-state index in [2.05, 4.69) is 10.5 Å². The normalized spacial score (nSPS) is 12.2. The Morgan fingerprint density at radius 2 is 2.04 bits per heavy atom. The van der Waals surface area contributed by atoms with Gasteiger partial charge in [-0.15, -0.1) is 11.8 Å². The summed E-state index contributed by atoms with van der Waals surface area (Å²) in [6.07, 6.45) is 0. The second-order valence-electron chi connectivity index (χ2n) is 5.62. The fourth-order valence-electron chi connectivity index (χ4n) is 2.87. The molecule has 4 rings (SSSR count). The van der Waals surface area contributed by atoms with Crippen molar-refractivity contribution in [2.24, 2.45) is 0 Å². The molecule has 2 heterocycles. The molecule has 0 aliphatic carbocycles. The lowest BCUT2D eigenvalue weighted by atomic mass is 10.1. The number of aromatic nitrogens is 1. The van der Waals surface area contributed by atoms with Gasteiger partial charge in [0, 0.05) is 33.9 Å². The maximum atomic E-state index is 12.6.